The molecule has 0 saturated heterocycles. The van der Waals surface area contributed by atoms with Gasteiger partial charge in [-0.3, -0.25) is 4.79 Å². The van der Waals surface area contributed by atoms with Crippen molar-refractivity contribution in [1.82, 2.24) is 4.90 Å². The quantitative estimate of drug-likeness (QED) is 0.645. The summed E-state index contributed by atoms with van der Waals surface area (Å²) in [5.41, 5.74) is 2.31. The second-order valence-corrected chi connectivity index (χ2v) is 8.05. The van der Waals surface area contributed by atoms with E-state index in [1.807, 2.05) is 48.5 Å². The summed E-state index contributed by atoms with van der Waals surface area (Å²) < 4.78 is 11.0. The number of nitrogens with zero attached hydrogens (tertiary/aromatic N) is 2. The van der Waals surface area contributed by atoms with Crippen LogP contribution in [-0.4, -0.2) is 37.0 Å². The predicted octanol–water partition coefficient (Wildman–Crippen LogP) is 4.51. The van der Waals surface area contributed by atoms with Crippen molar-refractivity contribution in [1.29, 1.82) is 5.26 Å². The lowest BCUT2D eigenvalue weighted by molar-refractivity contribution is -0.132. The molecule has 6 nitrogen and oxygen atoms in total. The van der Waals surface area contributed by atoms with Gasteiger partial charge in [-0.25, -0.2) is 0 Å². The molecule has 0 bridgehead atoms. The number of rotatable bonds is 9. The molecule has 0 aromatic heterocycles. The molecule has 1 aliphatic carbocycles. The summed E-state index contributed by atoms with van der Waals surface area (Å²) >= 11 is 0. The van der Waals surface area contributed by atoms with Gasteiger partial charge < -0.3 is 19.7 Å². The van der Waals surface area contributed by atoms with Gasteiger partial charge in [0.25, 0.3) is 0 Å². The van der Waals surface area contributed by atoms with Crippen molar-refractivity contribution in [2.24, 2.45) is 0 Å². The molecule has 0 aliphatic heterocycles. The molecule has 31 heavy (non-hydrogen) atoms. The first-order valence-electron chi connectivity index (χ1n) is 10.8. The fourth-order valence-electron chi connectivity index (χ4n) is 3.97. The highest BCUT2D eigenvalue weighted by Gasteiger charge is 2.38. The van der Waals surface area contributed by atoms with Crippen LogP contribution in [0.4, 0.5) is 5.69 Å². The number of nitrogens with one attached hydrogen (secondary N) is 1. The predicted molar refractivity (Wildman–Crippen MR) is 121 cm³/mol. The fourth-order valence-corrected chi connectivity index (χ4v) is 3.97. The Morgan fingerprint density at radius 3 is 2.48 bits per heavy atom. The van der Waals surface area contributed by atoms with Gasteiger partial charge in [0.15, 0.2) is 0 Å². The maximum Gasteiger partial charge on any atom is 0.242 e. The molecule has 0 spiro atoms. The highest BCUT2D eigenvalue weighted by Crippen LogP contribution is 2.32. The zero-order chi connectivity index (χ0) is 22.1. The SMILES string of the molecule is COc1ccc(COCc2cccc(NCC(=O)N(C)C3(C#N)CCCCC3)c2)cc1. The standard InChI is InChI=1S/C25H31N3O3/c1-28(25(19-26)13-4-3-5-14-25)24(29)16-27-22-8-6-7-21(15-22)18-31-17-20-9-11-23(30-2)12-10-20/h6-12,15,27H,3-5,13-14,16-18H2,1-2H3. The Hall–Kier alpha value is -3.04. The van der Waals surface area contributed by atoms with Crippen molar-refractivity contribution < 1.29 is 14.3 Å². The zero-order valence-corrected chi connectivity index (χ0v) is 18.4. The molecule has 1 fully saturated rings. The van der Waals surface area contributed by atoms with E-state index in [1.165, 1.54) is 0 Å². The molecule has 3 rings (SSSR count). The van der Waals surface area contributed by atoms with E-state index >= 15 is 0 Å². The number of hydrogen-bond donors (Lipinski definition) is 1. The Morgan fingerprint density at radius 2 is 1.81 bits per heavy atom. The number of benzene rings is 2. The lowest BCUT2D eigenvalue weighted by atomic mass is 9.81. The van der Waals surface area contributed by atoms with Crippen molar-refractivity contribution in [2.75, 3.05) is 26.0 Å². The molecule has 0 radical (unpaired) electrons. The van der Waals surface area contributed by atoms with E-state index in [0.717, 1.165) is 54.7 Å². The zero-order valence-electron chi connectivity index (χ0n) is 18.4. The first kappa shape index (κ1) is 22.6. The summed E-state index contributed by atoms with van der Waals surface area (Å²) in [4.78, 5) is 14.4. The van der Waals surface area contributed by atoms with Crippen LogP contribution in [0.15, 0.2) is 48.5 Å². The van der Waals surface area contributed by atoms with Crippen LogP contribution in [0.5, 0.6) is 5.75 Å². The van der Waals surface area contributed by atoms with Crippen LogP contribution in [-0.2, 0) is 22.7 Å². The molecule has 164 valence electrons. The third kappa shape index (κ3) is 5.99. The lowest BCUT2D eigenvalue weighted by Crippen LogP contribution is -2.51. The molecule has 0 unspecified atom stereocenters. The summed E-state index contributed by atoms with van der Waals surface area (Å²) in [6.45, 7) is 1.16. The smallest absolute Gasteiger partial charge is 0.242 e. The van der Waals surface area contributed by atoms with Gasteiger partial charge in [0.1, 0.15) is 11.3 Å². The number of nitriles is 1. The van der Waals surface area contributed by atoms with E-state index in [9.17, 15) is 10.1 Å². The molecule has 6 heteroatoms. The van der Waals surface area contributed by atoms with E-state index < -0.39 is 5.54 Å². The highest BCUT2D eigenvalue weighted by molar-refractivity contribution is 5.81. The third-order valence-corrected chi connectivity index (χ3v) is 5.97. The molecule has 1 aliphatic rings. The molecule has 1 amide bonds. The number of carbonyl (C=O) groups excluding carboxylic acids is 1. The summed E-state index contributed by atoms with van der Waals surface area (Å²) in [5, 5.41) is 12.9. The van der Waals surface area contributed by atoms with Crippen LogP contribution >= 0.6 is 0 Å². The van der Waals surface area contributed by atoms with Gasteiger partial charge in [0.2, 0.25) is 5.91 Å². The third-order valence-electron chi connectivity index (χ3n) is 5.97. The van der Waals surface area contributed by atoms with Crippen LogP contribution < -0.4 is 10.1 Å². The number of ether oxygens (including phenoxy) is 2. The van der Waals surface area contributed by atoms with Gasteiger partial charge in [-0.1, -0.05) is 43.5 Å². The van der Waals surface area contributed by atoms with Gasteiger partial charge in [-0.15, -0.1) is 0 Å². The Morgan fingerprint density at radius 1 is 1.10 bits per heavy atom. The average Bonchev–Trinajstić information content (AvgIpc) is 2.83. The van der Waals surface area contributed by atoms with E-state index in [2.05, 4.69) is 11.4 Å². The summed E-state index contributed by atoms with van der Waals surface area (Å²) in [7, 11) is 3.40. The monoisotopic (exact) mass is 421 g/mol. The first-order chi connectivity index (χ1) is 15.1. The van der Waals surface area contributed by atoms with Crippen LogP contribution in [0.25, 0.3) is 0 Å². The molecule has 1 saturated carbocycles. The average molecular weight is 422 g/mol. The van der Waals surface area contributed by atoms with Gasteiger partial charge in [-0.05, 0) is 48.2 Å². The van der Waals surface area contributed by atoms with Gasteiger partial charge in [-0.2, -0.15) is 5.26 Å². The lowest BCUT2D eigenvalue weighted by Gasteiger charge is -2.39. The Balaban J connectivity index is 1.49. The summed E-state index contributed by atoms with van der Waals surface area (Å²) in [6, 6.07) is 18.1. The highest BCUT2D eigenvalue weighted by atomic mass is 16.5. The van der Waals surface area contributed by atoms with E-state index in [-0.39, 0.29) is 12.5 Å². The summed E-state index contributed by atoms with van der Waals surface area (Å²) in [6.07, 6.45) is 4.64. The molecular formula is C25H31N3O3. The Kier molecular flexibility index (Phi) is 7.91. The van der Waals surface area contributed by atoms with Gasteiger partial charge >= 0.3 is 0 Å². The van der Waals surface area contributed by atoms with Crippen molar-refractivity contribution in [3.8, 4) is 11.8 Å². The van der Waals surface area contributed by atoms with Crippen LogP contribution in [0.2, 0.25) is 0 Å². The molecular weight excluding hydrogens is 390 g/mol. The van der Waals surface area contributed by atoms with Crippen LogP contribution in [0.1, 0.15) is 43.2 Å². The molecule has 2 aromatic carbocycles. The topological polar surface area (TPSA) is 74.6 Å². The number of amides is 1. The normalized spacial score (nSPS) is 15.0. The van der Waals surface area contributed by atoms with Crippen LogP contribution in [0, 0.1) is 11.3 Å². The van der Waals surface area contributed by atoms with E-state index in [1.54, 1.807) is 19.1 Å². The number of anilines is 1. The number of hydrogen-bond acceptors (Lipinski definition) is 5. The van der Waals surface area contributed by atoms with Crippen molar-refractivity contribution in [3.05, 3.63) is 59.7 Å². The number of methoxy groups -OCH3 is 1. The maximum absolute atomic E-state index is 12.7. The minimum atomic E-state index is -0.659. The molecule has 1 N–H and O–H groups in total. The minimum Gasteiger partial charge on any atom is -0.497 e. The number of likely N-dealkylation sites (N-methyl/N-ethyl adjacent to an activating group) is 1. The van der Waals surface area contributed by atoms with Crippen LogP contribution in [0.3, 0.4) is 0 Å². The first-order valence-corrected chi connectivity index (χ1v) is 10.8. The fraction of sp³-hybridized carbons (Fsp3) is 0.440. The molecule has 0 atom stereocenters. The largest absolute Gasteiger partial charge is 0.497 e. The van der Waals surface area contributed by atoms with E-state index in [4.69, 9.17) is 9.47 Å². The maximum atomic E-state index is 12.7. The minimum absolute atomic E-state index is 0.0652. The second-order valence-electron chi connectivity index (χ2n) is 8.05. The Bertz CT molecular complexity index is 899. The Labute approximate surface area is 184 Å². The molecule has 2 aromatic rings. The summed E-state index contributed by atoms with van der Waals surface area (Å²) in [5.74, 6) is 0.761. The van der Waals surface area contributed by atoms with Crippen molar-refractivity contribution in [2.45, 2.75) is 50.9 Å². The van der Waals surface area contributed by atoms with Gasteiger partial charge in [0.05, 0.1) is 32.9 Å². The van der Waals surface area contributed by atoms with E-state index in [0.29, 0.717) is 13.2 Å². The molecule has 0 heterocycles. The second kappa shape index (κ2) is 10.8. The van der Waals surface area contributed by atoms with Gasteiger partial charge in [0, 0.05) is 12.7 Å². The number of carbonyl (C=O) groups is 1. The van der Waals surface area contributed by atoms with Crippen molar-refractivity contribution in [3.63, 3.8) is 0 Å². The van der Waals surface area contributed by atoms with Crippen molar-refractivity contribution >= 4 is 11.6 Å².